The zero-order valence-corrected chi connectivity index (χ0v) is 14.4. The van der Waals surface area contributed by atoms with Gasteiger partial charge >= 0.3 is 0 Å². The van der Waals surface area contributed by atoms with Crippen LogP contribution in [0.3, 0.4) is 0 Å². The minimum absolute atomic E-state index is 0.0645. The van der Waals surface area contributed by atoms with Crippen molar-refractivity contribution < 1.29 is 4.79 Å². The molecular formula is C18H34N2O. The lowest BCUT2D eigenvalue weighted by Gasteiger charge is -2.29. The molecule has 1 heterocycles. The number of hydrogen-bond donors (Lipinski definition) is 1. The summed E-state index contributed by atoms with van der Waals surface area (Å²) in [6, 6.07) is 0.0645. The number of nitrogens with one attached hydrogen (secondary N) is 1. The molecular weight excluding hydrogens is 260 g/mol. The maximum absolute atomic E-state index is 12.7. The Balaban J connectivity index is 1.98. The highest BCUT2D eigenvalue weighted by molar-refractivity contribution is 5.84. The van der Waals surface area contributed by atoms with Crippen LogP contribution in [-0.4, -0.2) is 29.6 Å². The molecule has 2 unspecified atom stereocenters. The highest BCUT2D eigenvalue weighted by Gasteiger charge is 2.42. The Hall–Kier alpha value is -0.570. The highest BCUT2D eigenvalue weighted by atomic mass is 16.2. The zero-order chi connectivity index (χ0) is 15.4. The minimum atomic E-state index is 0.0645. The number of carbonyl (C=O) groups is 1. The Labute approximate surface area is 130 Å². The molecule has 3 heteroatoms. The van der Waals surface area contributed by atoms with Crippen molar-refractivity contribution in [1.82, 2.24) is 10.2 Å². The monoisotopic (exact) mass is 294 g/mol. The van der Waals surface area contributed by atoms with Gasteiger partial charge < -0.3 is 4.90 Å². The third kappa shape index (κ3) is 4.45. The predicted molar refractivity (Wildman–Crippen MR) is 87.9 cm³/mol. The number of amides is 1. The molecule has 0 aromatic carbocycles. The van der Waals surface area contributed by atoms with Gasteiger partial charge in [0.1, 0.15) is 0 Å². The van der Waals surface area contributed by atoms with Gasteiger partial charge in [0.2, 0.25) is 5.91 Å². The fourth-order valence-corrected chi connectivity index (χ4v) is 3.93. The number of carbonyl (C=O) groups excluding carboxylic acids is 1. The van der Waals surface area contributed by atoms with Crippen LogP contribution in [0.5, 0.6) is 0 Å². The van der Waals surface area contributed by atoms with E-state index in [1.807, 2.05) is 0 Å². The van der Waals surface area contributed by atoms with Crippen LogP contribution < -0.4 is 5.32 Å². The smallest absolute Gasteiger partial charge is 0.241 e. The zero-order valence-electron chi connectivity index (χ0n) is 14.4. The molecule has 1 amide bonds. The molecule has 0 radical (unpaired) electrons. The van der Waals surface area contributed by atoms with Crippen LogP contribution in [0.15, 0.2) is 0 Å². The van der Waals surface area contributed by atoms with E-state index in [1.54, 1.807) is 0 Å². The van der Waals surface area contributed by atoms with Crippen LogP contribution in [0.25, 0.3) is 0 Å². The lowest BCUT2D eigenvalue weighted by molar-refractivity contribution is -0.131. The van der Waals surface area contributed by atoms with Gasteiger partial charge in [0.05, 0.1) is 12.2 Å². The quantitative estimate of drug-likeness (QED) is 0.775. The van der Waals surface area contributed by atoms with Gasteiger partial charge in [-0.1, -0.05) is 40.5 Å². The van der Waals surface area contributed by atoms with Crippen molar-refractivity contribution in [3.8, 4) is 0 Å². The second-order valence-electron chi connectivity index (χ2n) is 7.91. The van der Waals surface area contributed by atoms with Crippen molar-refractivity contribution in [2.45, 2.75) is 84.8 Å². The Bertz CT molecular complexity index is 334. The molecule has 1 aliphatic heterocycles. The molecule has 122 valence electrons. The second kappa shape index (κ2) is 7.62. The fraction of sp³-hybridized carbons (Fsp3) is 0.944. The van der Waals surface area contributed by atoms with E-state index >= 15 is 0 Å². The number of nitrogens with zero attached hydrogens (tertiary/aromatic N) is 1. The van der Waals surface area contributed by atoms with Gasteiger partial charge in [0.25, 0.3) is 0 Å². The summed E-state index contributed by atoms with van der Waals surface area (Å²) in [7, 11) is 0. The molecule has 2 atom stereocenters. The largest absolute Gasteiger partial charge is 0.326 e. The first-order valence-corrected chi connectivity index (χ1v) is 9.05. The average molecular weight is 294 g/mol. The number of rotatable bonds is 7. The topological polar surface area (TPSA) is 32.3 Å². The summed E-state index contributed by atoms with van der Waals surface area (Å²) in [5.41, 5.74) is 0. The van der Waals surface area contributed by atoms with Gasteiger partial charge in [-0.05, 0) is 49.9 Å². The first-order chi connectivity index (χ1) is 9.99. The molecule has 0 aromatic heterocycles. The predicted octanol–water partition coefficient (Wildman–Crippen LogP) is 3.79. The molecule has 1 saturated carbocycles. The second-order valence-corrected chi connectivity index (χ2v) is 7.91. The summed E-state index contributed by atoms with van der Waals surface area (Å²) in [6.07, 6.45) is 8.91. The van der Waals surface area contributed by atoms with Crippen LogP contribution in [0, 0.1) is 17.8 Å². The minimum Gasteiger partial charge on any atom is -0.326 e. The van der Waals surface area contributed by atoms with E-state index < -0.39 is 0 Å². The fourth-order valence-electron chi connectivity index (χ4n) is 3.93. The molecule has 3 nitrogen and oxygen atoms in total. The third-order valence-electron chi connectivity index (χ3n) is 5.02. The molecule has 1 N–H and O–H groups in total. The number of hydrogen-bond acceptors (Lipinski definition) is 2. The van der Waals surface area contributed by atoms with Crippen molar-refractivity contribution in [1.29, 1.82) is 0 Å². The van der Waals surface area contributed by atoms with E-state index in [0.29, 0.717) is 23.9 Å². The lowest BCUT2D eigenvalue weighted by atomic mass is 10.0. The van der Waals surface area contributed by atoms with E-state index in [-0.39, 0.29) is 6.04 Å². The lowest BCUT2D eigenvalue weighted by Crippen LogP contribution is -2.43. The summed E-state index contributed by atoms with van der Waals surface area (Å²) in [6.45, 7) is 9.89. The Kier molecular flexibility index (Phi) is 6.09. The van der Waals surface area contributed by atoms with Gasteiger partial charge in [-0.2, -0.15) is 0 Å². The Morgan fingerprint density at radius 2 is 1.81 bits per heavy atom. The molecule has 0 aromatic rings. The summed E-state index contributed by atoms with van der Waals surface area (Å²) < 4.78 is 0. The van der Waals surface area contributed by atoms with Crippen molar-refractivity contribution in [2.24, 2.45) is 17.8 Å². The molecule has 21 heavy (non-hydrogen) atoms. The van der Waals surface area contributed by atoms with Gasteiger partial charge in [-0.3, -0.25) is 10.1 Å². The van der Waals surface area contributed by atoms with Crippen molar-refractivity contribution >= 4 is 5.91 Å². The first-order valence-electron chi connectivity index (χ1n) is 9.05. The molecule has 2 rings (SSSR count). The van der Waals surface area contributed by atoms with Gasteiger partial charge in [0.15, 0.2) is 0 Å². The summed E-state index contributed by atoms with van der Waals surface area (Å²) in [5.74, 6) is 2.35. The normalized spacial score (nSPS) is 27.5. The Morgan fingerprint density at radius 1 is 1.14 bits per heavy atom. The average Bonchev–Trinajstić information content (AvgIpc) is 3.00. The van der Waals surface area contributed by atoms with Crippen molar-refractivity contribution in [2.75, 3.05) is 6.54 Å². The molecule has 0 bridgehead atoms. The van der Waals surface area contributed by atoms with E-state index in [1.165, 1.54) is 32.1 Å². The van der Waals surface area contributed by atoms with Crippen LogP contribution in [0.1, 0.15) is 72.6 Å². The van der Waals surface area contributed by atoms with E-state index in [0.717, 1.165) is 25.3 Å². The molecule has 1 saturated heterocycles. The van der Waals surface area contributed by atoms with Gasteiger partial charge in [-0.25, -0.2) is 0 Å². The maximum atomic E-state index is 12.7. The van der Waals surface area contributed by atoms with E-state index in [2.05, 4.69) is 37.9 Å². The van der Waals surface area contributed by atoms with E-state index in [4.69, 9.17) is 0 Å². The van der Waals surface area contributed by atoms with Gasteiger partial charge in [0, 0.05) is 6.54 Å². The Morgan fingerprint density at radius 3 is 2.38 bits per heavy atom. The summed E-state index contributed by atoms with van der Waals surface area (Å²) in [4.78, 5) is 14.9. The van der Waals surface area contributed by atoms with Crippen LogP contribution in [-0.2, 0) is 4.79 Å². The molecule has 2 fully saturated rings. The van der Waals surface area contributed by atoms with Gasteiger partial charge in [-0.15, -0.1) is 0 Å². The summed E-state index contributed by atoms with van der Waals surface area (Å²) in [5, 5.41) is 3.68. The van der Waals surface area contributed by atoms with Crippen LogP contribution >= 0.6 is 0 Å². The third-order valence-corrected chi connectivity index (χ3v) is 5.02. The van der Waals surface area contributed by atoms with Crippen LogP contribution in [0.2, 0.25) is 0 Å². The first kappa shape index (κ1) is 16.8. The molecule has 0 spiro atoms. The standard InChI is InChI=1S/C18H34N2O/c1-13(2)8-7-11-20-17(15-9-5-6-10-15)19-16(18(20)21)12-14(3)4/h13-17,19H,5-12H2,1-4H3. The SMILES string of the molecule is CC(C)CCCN1C(=O)C(CC(C)C)NC1C1CCCC1. The van der Waals surface area contributed by atoms with Crippen molar-refractivity contribution in [3.63, 3.8) is 0 Å². The highest BCUT2D eigenvalue weighted by Crippen LogP contribution is 2.33. The van der Waals surface area contributed by atoms with E-state index in [9.17, 15) is 4.79 Å². The molecule has 2 aliphatic rings. The summed E-state index contributed by atoms with van der Waals surface area (Å²) >= 11 is 0. The maximum Gasteiger partial charge on any atom is 0.241 e. The van der Waals surface area contributed by atoms with Crippen molar-refractivity contribution in [3.05, 3.63) is 0 Å². The molecule has 1 aliphatic carbocycles. The van der Waals surface area contributed by atoms with Crippen LogP contribution in [0.4, 0.5) is 0 Å².